The summed E-state index contributed by atoms with van der Waals surface area (Å²) in [5, 5.41) is 3.11. The molecule has 132 valence electrons. The molecular weight excluding hydrogens is 432 g/mol. The summed E-state index contributed by atoms with van der Waals surface area (Å²) < 4.78 is 31.9. The molecular formula is C16H14BrClN2O4S. The fourth-order valence-electron chi connectivity index (χ4n) is 2.46. The van der Waals surface area contributed by atoms with Gasteiger partial charge in [0.1, 0.15) is 5.75 Å². The number of sulfonamides is 1. The van der Waals surface area contributed by atoms with Crippen LogP contribution in [0, 0.1) is 0 Å². The van der Waals surface area contributed by atoms with E-state index in [1.165, 1.54) is 6.07 Å². The zero-order chi connectivity index (χ0) is 18.2. The molecule has 1 heterocycles. The average Bonchev–Trinajstić information content (AvgIpc) is 2.52. The first-order valence-electron chi connectivity index (χ1n) is 7.24. The highest BCUT2D eigenvalue weighted by molar-refractivity contribution is 9.10. The van der Waals surface area contributed by atoms with Crippen LogP contribution in [0.1, 0.15) is 0 Å². The summed E-state index contributed by atoms with van der Waals surface area (Å²) in [7, 11) is -3.59. The number of fused-ring (bicyclic) bond motifs is 1. The Morgan fingerprint density at radius 2 is 2.08 bits per heavy atom. The van der Waals surface area contributed by atoms with Crippen molar-refractivity contribution in [2.45, 2.75) is 6.10 Å². The molecule has 0 spiro atoms. The van der Waals surface area contributed by atoms with Gasteiger partial charge in [-0.05, 0) is 36.4 Å². The number of halogens is 2. The molecule has 0 bridgehead atoms. The quantitative estimate of drug-likeness (QED) is 0.787. The van der Waals surface area contributed by atoms with Crippen LogP contribution in [0.3, 0.4) is 0 Å². The minimum Gasteiger partial charge on any atom is -0.476 e. The Labute approximate surface area is 158 Å². The normalized spacial score (nSPS) is 16.8. The Bertz CT molecular complexity index is 935. The number of nitrogens with zero attached hydrogens (tertiary/aromatic N) is 1. The second kappa shape index (κ2) is 6.86. The molecule has 0 saturated heterocycles. The summed E-state index contributed by atoms with van der Waals surface area (Å²) in [5.41, 5.74) is 0.900. The van der Waals surface area contributed by atoms with E-state index in [-0.39, 0.29) is 12.3 Å². The lowest BCUT2D eigenvalue weighted by Gasteiger charge is -2.34. The Morgan fingerprint density at radius 3 is 2.76 bits per heavy atom. The van der Waals surface area contributed by atoms with Crippen molar-refractivity contribution < 1.29 is 17.9 Å². The van der Waals surface area contributed by atoms with Crippen molar-refractivity contribution in [1.82, 2.24) is 0 Å². The number of benzene rings is 2. The highest BCUT2D eigenvalue weighted by atomic mass is 79.9. The molecule has 1 atom stereocenters. The maximum absolute atomic E-state index is 12.5. The monoisotopic (exact) mass is 444 g/mol. The van der Waals surface area contributed by atoms with Gasteiger partial charge in [0.15, 0.2) is 6.10 Å². The van der Waals surface area contributed by atoms with Crippen molar-refractivity contribution in [3.05, 3.63) is 52.0 Å². The van der Waals surface area contributed by atoms with E-state index in [1.807, 2.05) is 6.07 Å². The maximum atomic E-state index is 12.5. The second-order valence-corrected chi connectivity index (χ2v) is 8.77. The predicted molar refractivity (Wildman–Crippen MR) is 101 cm³/mol. The van der Waals surface area contributed by atoms with E-state index >= 15 is 0 Å². The summed E-state index contributed by atoms with van der Waals surface area (Å²) in [5.74, 6) is -0.150. The fraction of sp³-hybridized carbons (Fsp3) is 0.188. The average molecular weight is 446 g/mol. The minimum absolute atomic E-state index is 0.133. The number of ether oxygens (including phenoxy) is 1. The Hall–Kier alpha value is -1.77. The number of carbonyl (C=O) groups excluding carboxylic acids is 1. The lowest BCUT2D eigenvalue weighted by Crippen LogP contribution is -2.48. The van der Waals surface area contributed by atoms with Crippen molar-refractivity contribution in [1.29, 1.82) is 0 Å². The van der Waals surface area contributed by atoms with Crippen LogP contribution in [0.5, 0.6) is 5.75 Å². The molecule has 6 nitrogen and oxygen atoms in total. The van der Waals surface area contributed by atoms with Crippen molar-refractivity contribution in [2.75, 3.05) is 22.4 Å². The van der Waals surface area contributed by atoms with Crippen LogP contribution in [0.4, 0.5) is 11.4 Å². The highest BCUT2D eigenvalue weighted by Gasteiger charge is 2.35. The number of hydrogen-bond donors (Lipinski definition) is 1. The first-order valence-corrected chi connectivity index (χ1v) is 10.3. The van der Waals surface area contributed by atoms with Gasteiger partial charge in [0.2, 0.25) is 10.0 Å². The maximum Gasteiger partial charge on any atom is 0.267 e. The summed E-state index contributed by atoms with van der Waals surface area (Å²) >= 11 is 9.28. The Morgan fingerprint density at radius 1 is 1.32 bits per heavy atom. The molecule has 9 heteroatoms. The van der Waals surface area contributed by atoms with E-state index in [0.29, 0.717) is 16.4 Å². The SMILES string of the molecule is CS(=O)(=O)N1C[C@H](C(=O)Nc2cccc(Br)c2)Oc2ccc(Cl)cc21. The second-order valence-electron chi connectivity index (χ2n) is 5.51. The van der Waals surface area contributed by atoms with Gasteiger partial charge in [0.25, 0.3) is 5.91 Å². The lowest BCUT2D eigenvalue weighted by atomic mass is 10.2. The van der Waals surface area contributed by atoms with Gasteiger partial charge in [0, 0.05) is 15.2 Å². The number of anilines is 2. The van der Waals surface area contributed by atoms with Crippen LogP contribution in [0.25, 0.3) is 0 Å². The molecule has 3 rings (SSSR count). The first-order chi connectivity index (χ1) is 11.7. The Kier molecular flexibility index (Phi) is 4.95. The van der Waals surface area contributed by atoms with Crippen LogP contribution >= 0.6 is 27.5 Å². The molecule has 25 heavy (non-hydrogen) atoms. The summed E-state index contributed by atoms with van der Waals surface area (Å²) in [6.07, 6.45) is 0.0918. The summed E-state index contributed by atoms with van der Waals surface area (Å²) in [6, 6.07) is 11.7. The zero-order valence-corrected chi connectivity index (χ0v) is 16.2. The predicted octanol–water partition coefficient (Wildman–Crippen LogP) is 3.27. The molecule has 1 aliphatic heterocycles. The smallest absolute Gasteiger partial charge is 0.267 e. The highest BCUT2D eigenvalue weighted by Crippen LogP contribution is 2.37. The number of hydrogen-bond acceptors (Lipinski definition) is 4. The van der Waals surface area contributed by atoms with E-state index in [1.54, 1.807) is 30.3 Å². The largest absolute Gasteiger partial charge is 0.476 e. The van der Waals surface area contributed by atoms with Crippen LogP contribution in [-0.4, -0.2) is 33.2 Å². The van der Waals surface area contributed by atoms with Crippen molar-refractivity contribution in [3.8, 4) is 5.75 Å². The standard InChI is InChI=1S/C16H14BrClN2O4S/c1-25(22,23)20-9-15(24-14-6-5-11(18)8-13(14)20)16(21)19-12-4-2-3-10(17)7-12/h2-8,15H,9H2,1H3,(H,19,21)/t15-/m1/s1. The minimum atomic E-state index is -3.59. The third-order valence-corrected chi connectivity index (χ3v) is 5.45. The van der Waals surface area contributed by atoms with Crippen LogP contribution in [0.2, 0.25) is 5.02 Å². The molecule has 1 aliphatic rings. The lowest BCUT2D eigenvalue weighted by molar-refractivity contribution is -0.122. The molecule has 0 fully saturated rings. The van der Waals surface area contributed by atoms with Crippen molar-refractivity contribution >= 4 is 54.8 Å². The number of carbonyl (C=O) groups is 1. The van der Waals surface area contributed by atoms with Gasteiger partial charge in [-0.2, -0.15) is 0 Å². The fourth-order valence-corrected chi connectivity index (χ4v) is 3.94. The molecule has 1 amide bonds. The molecule has 0 aliphatic carbocycles. The molecule has 2 aromatic carbocycles. The van der Waals surface area contributed by atoms with E-state index in [4.69, 9.17) is 16.3 Å². The number of amides is 1. The van der Waals surface area contributed by atoms with E-state index in [0.717, 1.165) is 15.0 Å². The van der Waals surface area contributed by atoms with Gasteiger partial charge >= 0.3 is 0 Å². The Balaban J connectivity index is 1.89. The molecule has 2 aromatic rings. The van der Waals surface area contributed by atoms with Crippen LogP contribution in [-0.2, 0) is 14.8 Å². The van der Waals surface area contributed by atoms with Gasteiger partial charge in [-0.25, -0.2) is 8.42 Å². The van der Waals surface area contributed by atoms with Crippen molar-refractivity contribution in [3.63, 3.8) is 0 Å². The van der Waals surface area contributed by atoms with Gasteiger partial charge in [-0.1, -0.05) is 33.6 Å². The molecule has 0 unspecified atom stereocenters. The zero-order valence-electron chi connectivity index (χ0n) is 13.1. The van der Waals surface area contributed by atoms with Crippen molar-refractivity contribution in [2.24, 2.45) is 0 Å². The third-order valence-electron chi connectivity index (χ3n) is 3.58. The van der Waals surface area contributed by atoms with E-state index < -0.39 is 22.0 Å². The van der Waals surface area contributed by atoms with Crippen LogP contribution < -0.4 is 14.4 Å². The number of nitrogens with one attached hydrogen (secondary N) is 1. The van der Waals surface area contributed by atoms with Crippen LogP contribution in [0.15, 0.2) is 46.9 Å². The third kappa shape index (κ3) is 4.08. The van der Waals surface area contributed by atoms with Gasteiger partial charge in [-0.15, -0.1) is 0 Å². The topological polar surface area (TPSA) is 75.7 Å². The molecule has 0 radical (unpaired) electrons. The van der Waals surface area contributed by atoms with Gasteiger partial charge in [0.05, 0.1) is 18.5 Å². The number of rotatable bonds is 3. The van der Waals surface area contributed by atoms with Gasteiger partial charge in [-0.3, -0.25) is 9.10 Å². The van der Waals surface area contributed by atoms with E-state index in [2.05, 4.69) is 21.2 Å². The first kappa shape index (κ1) is 18.0. The molecule has 1 N–H and O–H groups in total. The summed E-state index contributed by atoms with van der Waals surface area (Å²) in [4.78, 5) is 12.5. The molecule has 0 saturated carbocycles. The van der Waals surface area contributed by atoms with E-state index in [9.17, 15) is 13.2 Å². The van der Waals surface area contributed by atoms with Gasteiger partial charge < -0.3 is 10.1 Å². The summed E-state index contributed by atoms with van der Waals surface area (Å²) in [6.45, 7) is -0.133. The molecule has 0 aromatic heterocycles.